The minimum Gasteiger partial charge on any atom is -0.334 e. The van der Waals surface area contributed by atoms with E-state index < -0.39 is 3.79 Å². The lowest BCUT2D eigenvalue weighted by Gasteiger charge is -2.42. The van der Waals surface area contributed by atoms with Crippen LogP contribution in [0.2, 0.25) is 0 Å². The summed E-state index contributed by atoms with van der Waals surface area (Å²) in [4.78, 5) is 15.9. The molecule has 1 aromatic carbocycles. The first-order chi connectivity index (χ1) is 12.6. The molecule has 1 N–H and O–H groups in total. The third-order valence-corrected chi connectivity index (χ3v) is 6.25. The molecule has 2 aliphatic rings. The number of rotatable bonds is 2. The van der Waals surface area contributed by atoms with E-state index in [4.69, 9.17) is 39.8 Å². The summed E-state index contributed by atoms with van der Waals surface area (Å²) in [5.41, 5.74) is 1.01. The fraction of sp³-hybridized carbons (Fsp3) is 0.526. The van der Waals surface area contributed by atoms with Crippen LogP contribution in [0.25, 0.3) is 11.4 Å². The van der Waals surface area contributed by atoms with Gasteiger partial charge in [-0.25, -0.2) is 4.98 Å². The zero-order valence-electron chi connectivity index (χ0n) is 15.5. The van der Waals surface area contributed by atoms with Gasteiger partial charge in [0.1, 0.15) is 0 Å². The predicted octanol–water partition coefficient (Wildman–Crippen LogP) is 4.33. The lowest BCUT2D eigenvalue weighted by atomic mass is 9.74. The second kappa shape index (κ2) is 6.45. The standard InChI is InChI=1S/C19H22Cl3N5/c1-17(2,3)18-9-13(10-23-18)27(11-18)16-25-14(12-7-5-4-6-8-12)24-15(26-16)19(20,21)22/h4-8,13,23H,9-11H2,1-3H3. The van der Waals surface area contributed by atoms with Crippen LogP contribution in [0, 0.1) is 5.41 Å². The van der Waals surface area contributed by atoms with Crippen LogP contribution in [-0.4, -0.2) is 39.6 Å². The van der Waals surface area contributed by atoms with Crippen molar-refractivity contribution in [3.8, 4) is 11.4 Å². The predicted molar refractivity (Wildman–Crippen MR) is 110 cm³/mol. The lowest BCUT2D eigenvalue weighted by Crippen LogP contribution is -2.58. The molecule has 2 saturated heterocycles. The molecule has 5 nitrogen and oxygen atoms in total. The average Bonchev–Trinajstić information content (AvgIpc) is 3.21. The molecule has 2 unspecified atom stereocenters. The van der Waals surface area contributed by atoms with Crippen LogP contribution in [0.4, 0.5) is 5.95 Å². The van der Waals surface area contributed by atoms with E-state index in [-0.39, 0.29) is 16.8 Å². The quantitative estimate of drug-likeness (QED) is 0.724. The molecule has 27 heavy (non-hydrogen) atoms. The fourth-order valence-corrected chi connectivity index (χ4v) is 4.25. The molecule has 0 radical (unpaired) electrons. The normalized spacial score (nSPS) is 25.3. The van der Waals surface area contributed by atoms with Crippen molar-refractivity contribution in [3.05, 3.63) is 36.2 Å². The second-order valence-electron chi connectivity index (χ2n) is 8.35. The molecular weight excluding hydrogens is 405 g/mol. The van der Waals surface area contributed by atoms with Crippen molar-refractivity contribution in [2.45, 2.75) is 42.6 Å². The summed E-state index contributed by atoms with van der Waals surface area (Å²) in [6, 6.07) is 10.0. The van der Waals surface area contributed by atoms with Gasteiger partial charge in [0, 0.05) is 30.2 Å². The first-order valence-electron chi connectivity index (χ1n) is 8.99. The second-order valence-corrected chi connectivity index (χ2v) is 10.6. The summed E-state index contributed by atoms with van der Waals surface area (Å²) in [5.74, 6) is 1.24. The molecule has 2 bridgehead atoms. The number of anilines is 1. The summed E-state index contributed by atoms with van der Waals surface area (Å²) in [5, 5.41) is 3.71. The van der Waals surface area contributed by atoms with Crippen molar-refractivity contribution >= 4 is 40.8 Å². The van der Waals surface area contributed by atoms with Crippen LogP contribution >= 0.6 is 34.8 Å². The summed E-state index contributed by atoms with van der Waals surface area (Å²) in [7, 11) is 0. The number of nitrogens with zero attached hydrogens (tertiary/aromatic N) is 4. The summed E-state index contributed by atoms with van der Waals surface area (Å²) in [6.07, 6.45) is 1.05. The summed E-state index contributed by atoms with van der Waals surface area (Å²) in [6.45, 7) is 8.51. The minimum atomic E-state index is -1.71. The average molecular weight is 427 g/mol. The molecule has 0 amide bonds. The Morgan fingerprint density at radius 1 is 1.07 bits per heavy atom. The molecule has 2 aromatic rings. The van der Waals surface area contributed by atoms with Crippen LogP contribution in [-0.2, 0) is 3.79 Å². The fourth-order valence-electron chi connectivity index (χ4n) is 4.00. The highest BCUT2D eigenvalue weighted by atomic mass is 35.6. The van der Waals surface area contributed by atoms with Crippen LogP contribution in [0.1, 0.15) is 33.0 Å². The number of halogens is 3. The van der Waals surface area contributed by atoms with Crippen LogP contribution in [0.15, 0.2) is 30.3 Å². The van der Waals surface area contributed by atoms with Crippen molar-refractivity contribution in [2.24, 2.45) is 5.41 Å². The van der Waals surface area contributed by atoms with E-state index >= 15 is 0 Å². The third kappa shape index (κ3) is 3.39. The number of benzene rings is 1. The maximum Gasteiger partial charge on any atom is 0.250 e. The van der Waals surface area contributed by atoms with Gasteiger partial charge in [-0.3, -0.25) is 0 Å². The molecule has 3 heterocycles. The molecule has 2 fully saturated rings. The Labute approximate surface area is 174 Å². The molecule has 0 spiro atoms. The van der Waals surface area contributed by atoms with Gasteiger partial charge < -0.3 is 10.2 Å². The molecule has 0 saturated carbocycles. The Morgan fingerprint density at radius 3 is 2.37 bits per heavy atom. The number of piperazine rings is 1. The monoisotopic (exact) mass is 425 g/mol. The molecule has 2 aliphatic heterocycles. The van der Waals surface area contributed by atoms with Gasteiger partial charge in [0.25, 0.3) is 0 Å². The van der Waals surface area contributed by atoms with Crippen molar-refractivity contribution in [1.82, 2.24) is 20.3 Å². The van der Waals surface area contributed by atoms with Crippen LogP contribution in [0.5, 0.6) is 0 Å². The number of aromatic nitrogens is 3. The van der Waals surface area contributed by atoms with Gasteiger partial charge in [-0.05, 0) is 11.8 Å². The van der Waals surface area contributed by atoms with Crippen molar-refractivity contribution < 1.29 is 0 Å². The Hall–Kier alpha value is -1.14. The highest BCUT2D eigenvalue weighted by Crippen LogP contribution is 2.46. The zero-order chi connectivity index (χ0) is 19.4. The largest absolute Gasteiger partial charge is 0.334 e. The van der Waals surface area contributed by atoms with E-state index in [1.165, 1.54) is 0 Å². The molecule has 144 valence electrons. The molecule has 8 heteroatoms. The van der Waals surface area contributed by atoms with Crippen LogP contribution in [0.3, 0.4) is 0 Å². The third-order valence-electron chi connectivity index (χ3n) is 5.74. The zero-order valence-corrected chi connectivity index (χ0v) is 17.8. The molecule has 1 aromatic heterocycles. The van der Waals surface area contributed by atoms with Gasteiger partial charge in [-0.2, -0.15) is 9.97 Å². The maximum absolute atomic E-state index is 6.12. The highest BCUT2D eigenvalue weighted by Gasteiger charge is 2.56. The Morgan fingerprint density at radius 2 is 1.78 bits per heavy atom. The highest BCUT2D eigenvalue weighted by molar-refractivity contribution is 6.66. The van der Waals surface area contributed by atoms with Gasteiger partial charge in [0.05, 0.1) is 0 Å². The Kier molecular flexibility index (Phi) is 4.58. The van der Waals surface area contributed by atoms with E-state index in [9.17, 15) is 0 Å². The lowest BCUT2D eigenvalue weighted by molar-refractivity contribution is 0.179. The molecule has 0 aliphatic carbocycles. The van der Waals surface area contributed by atoms with E-state index in [1.807, 2.05) is 30.3 Å². The molecule has 2 atom stereocenters. The smallest absolute Gasteiger partial charge is 0.250 e. The minimum absolute atomic E-state index is 0.0252. The molecule has 4 rings (SSSR count). The van der Waals surface area contributed by atoms with Crippen molar-refractivity contribution in [1.29, 1.82) is 0 Å². The SMILES string of the molecule is CC(C)(C)C12CC(CN1)N(c1nc(-c3ccccc3)nc(C(Cl)(Cl)Cl)n1)C2. The first kappa shape index (κ1) is 19.2. The van der Waals surface area contributed by atoms with Gasteiger partial charge in [0.2, 0.25) is 9.74 Å². The molecular formula is C19H22Cl3N5. The van der Waals surface area contributed by atoms with Crippen LogP contribution < -0.4 is 10.2 Å². The number of nitrogens with one attached hydrogen (secondary N) is 1. The number of fused-ring (bicyclic) bond motifs is 2. The van der Waals surface area contributed by atoms with E-state index in [0.29, 0.717) is 17.8 Å². The van der Waals surface area contributed by atoms with E-state index in [0.717, 1.165) is 25.1 Å². The van der Waals surface area contributed by atoms with Gasteiger partial charge >= 0.3 is 0 Å². The van der Waals surface area contributed by atoms with E-state index in [2.05, 4.69) is 41.0 Å². The maximum atomic E-state index is 6.12. The van der Waals surface area contributed by atoms with Gasteiger partial charge in [0.15, 0.2) is 11.6 Å². The summed E-state index contributed by atoms with van der Waals surface area (Å²) >= 11 is 18.4. The number of alkyl halides is 3. The van der Waals surface area contributed by atoms with Crippen molar-refractivity contribution in [2.75, 3.05) is 18.0 Å². The Bertz CT molecular complexity index is 847. The van der Waals surface area contributed by atoms with E-state index in [1.54, 1.807) is 0 Å². The first-order valence-corrected chi connectivity index (χ1v) is 10.1. The summed E-state index contributed by atoms with van der Waals surface area (Å²) < 4.78 is -1.71. The topological polar surface area (TPSA) is 53.9 Å². The number of hydrogen-bond donors (Lipinski definition) is 1. The van der Waals surface area contributed by atoms with Gasteiger partial charge in [-0.15, -0.1) is 0 Å². The van der Waals surface area contributed by atoms with Crippen molar-refractivity contribution in [3.63, 3.8) is 0 Å². The number of hydrogen-bond acceptors (Lipinski definition) is 5. The van der Waals surface area contributed by atoms with Gasteiger partial charge in [-0.1, -0.05) is 85.9 Å². The Balaban J connectivity index is 1.78.